The number of Topliss-reactive ketones (excluding diaryl/α,β-unsaturated/α-hetero) is 1. The Bertz CT molecular complexity index is 336. The quantitative estimate of drug-likeness (QED) is 0.676. The summed E-state index contributed by atoms with van der Waals surface area (Å²) in [5.74, 6) is 0.495. The van der Waals surface area contributed by atoms with Crippen molar-refractivity contribution < 1.29 is 4.79 Å². The first-order valence-electron chi connectivity index (χ1n) is 5.51. The fourth-order valence-corrected chi connectivity index (χ4v) is 1.97. The number of hydrogen-bond donors (Lipinski definition) is 0. The number of carbonyl (C=O) groups excluding carboxylic acids is 1. The Morgan fingerprint density at radius 1 is 1.20 bits per heavy atom. The van der Waals surface area contributed by atoms with Crippen molar-refractivity contribution in [2.24, 2.45) is 5.92 Å². The summed E-state index contributed by atoms with van der Waals surface area (Å²) in [6, 6.07) is 7.87. The van der Waals surface area contributed by atoms with Crippen molar-refractivity contribution in [3.05, 3.63) is 35.4 Å². The molecule has 2 rings (SSSR count). The molecule has 1 aromatic rings. The fourth-order valence-electron chi connectivity index (χ4n) is 1.97. The summed E-state index contributed by atoms with van der Waals surface area (Å²) in [5.41, 5.74) is 2.05. The molecule has 1 heterocycles. The van der Waals surface area contributed by atoms with Crippen LogP contribution in [0.2, 0.25) is 0 Å². The summed E-state index contributed by atoms with van der Waals surface area (Å²) in [6.07, 6.45) is 1.85. The molecule has 1 aliphatic heterocycles. The van der Waals surface area contributed by atoms with Crippen LogP contribution in [0, 0.1) is 12.8 Å². The van der Waals surface area contributed by atoms with E-state index in [4.69, 9.17) is 0 Å². The van der Waals surface area contributed by atoms with Crippen LogP contribution in [0.5, 0.6) is 0 Å². The van der Waals surface area contributed by atoms with E-state index in [1.54, 1.807) is 0 Å². The van der Waals surface area contributed by atoms with Gasteiger partial charge in [-0.2, -0.15) is 0 Å². The van der Waals surface area contributed by atoms with Crippen LogP contribution in [-0.2, 0) is 0 Å². The van der Waals surface area contributed by atoms with E-state index in [2.05, 4.69) is 5.32 Å². The van der Waals surface area contributed by atoms with Crippen molar-refractivity contribution in [1.82, 2.24) is 5.32 Å². The molecule has 0 bridgehead atoms. The van der Waals surface area contributed by atoms with E-state index in [0.29, 0.717) is 5.78 Å². The molecule has 2 nitrogen and oxygen atoms in total. The third-order valence-electron chi connectivity index (χ3n) is 2.98. The van der Waals surface area contributed by atoms with Crippen molar-refractivity contribution in [3.63, 3.8) is 0 Å². The number of benzene rings is 1. The smallest absolute Gasteiger partial charge is 0.166 e. The molecule has 1 aromatic carbocycles. The normalized spacial score (nSPS) is 17.7. The second kappa shape index (κ2) is 4.58. The minimum Gasteiger partial charge on any atom is -0.294 e. The van der Waals surface area contributed by atoms with Crippen LogP contribution in [0.1, 0.15) is 28.8 Å². The van der Waals surface area contributed by atoms with Crippen molar-refractivity contribution >= 4 is 5.78 Å². The lowest BCUT2D eigenvalue weighted by molar-refractivity contribution is 0.0894. The summed E-state index contributed by atoms with van der Waals surface area (Å²) >= 11 is 0. The van der Waals surface area contributed by atoms with E-state index in [1.807, 2.05) is 31.2 Å². The lowest BCUT2D eigenvalue weighted by Gasteiger charge is -2.20. The number of aryl methyl sites for hydroxylation is 1. The molecule has 0 N–H and O–H groups in total. The zero-order chi connectivity index (χ0) is 10.7. The standard InChI is InChI=1S/C13H16NO/c1-10-2-4-11(5-3-10)13(15)12-6-8-14-9-7-12/h2-5,12H,6-9H2,1H3. The average molecular weight is 202 g/mol. The Hall–Kier alpha value is -1.15. The van der Waals surface area contributed by atoms with Gasteiger partial charge in [-0.15, -0.1) is 0 Å². The Labute approximate surface area is 90.7 Å². The first-order chi connectivity index (χ1) is 7.27. The zero-order valence-corrected chi connectivity index (χ0v) is 9.07. The highest BCUT2D eigenvalue weighted by Gasteiger charge is 2.22. The summed E-state index contributed by atoms with van der Waals surface area (Å²) in [7, 11) is 0. The maximum atomic E-state index is 12.1. The average Bonchev–Trinajstić information content (AvgIpc) is 2.30. The molecule has 0 spiro atoms. The number of piperidine rings is 1. The van der Waals surface area contributed by atoms with E-state index < -0.39 is 0 Å². The van der Waals surface area contributed by atoms with Gasteiger partial charge >= 0.3 is 0 Å². The number of rotatable bonds is 2. The molecule has 0 amide bonds. The van der Waals surface area contributed by atoms with Crippen molar-refractivity contribution in [2.45, 2.75) is 19.8 Å². The SMILES string of the molecule is Cc1ccc(C(=O)C2CC[N]CC2)cc1. The van der Waals surface area contributed by atoms with Gasteiger partial charge in [0.05, 0.1) is 0 Å². The summed E-state index contributed by atoms with van der Waals surface area (Å²) in [6.45, 7) is 3.73. The van der Waals surface area contributed by atoms with Crippen molar-refractivity contribution in [1.29, 1.82) is 0 Å². The third kappa shape index (κ3) is 2.45. The molecule has 0 atom stereocenters. The molecule has 79 valence electrons. The van der Waals surface area contributed by atoms with Gasteiger partial charge in [0, 0.05) is 24.6 Å². The molecule has 0 saturated carbocycles. The van der Waals surface area contributed by atoms with Gasteiger partial charge in [0.15, 0.2) is 5.78 Å². The molecule has 1 radical (unpaired) electrons. The highest BCUT2D eigenvalue weighted by atomic mass is 16.1. The number of hydrogen-bond acceptors (Lipinski definition) is 1. The molecule has 0 aliphatic carbocycles. The monoisotopic (exact) mass is 202 g/mol. The second-order valence-electron chi connectivity index (χ2n) is 4.18. The Kier molecular flexibility index (Phi) is 3.17. The van der Waals surface area contributed by atoms with Gasteiger partial charge in [0.1, 0.15) is 0 Å². The van der Waals surface area contributed by atoms with Crippen molar-refractivity contribution in [3.8, 4) is 0 Å². The minimum absolute atomic E-state index is 0.199. The molecule has 0 aromatic heterocycles. The Morgan fingerprint density at radius 3 is 2.40 bits per heavy atom. The van der Waals surface area contributed by atoms with Gasteiger partial charge in [0.25, 0.3) is 0 Å². The van der Waals surface area contributed by atoms with E-state index >= 15 is 0 Å². The molecule has 1 fully saturated rings. The lowest BCUT2D eigenvalue weighted by Crippen LogP contribution is -2.27. The molecule has 1 saturated heterocycles. The third-order valence-corrected chi connectivity index (χ3v) is 2.98. The van der Waals surface area contributed by atoms with E-state index in [1.165, 1.54) is 5.56 Å². The molecule has 2 heteroatoms. The van der Waals surface area contributed by atoms with Crippen LogP contribution in [-0.4, -0.2) is 18.9 Å². The second-order valence-corrected chi connectivity index (χ2v) is 4.18. The fraction of sp³-hybridized carbons (Fsp3) is 0.462. The van der Waals surface area contributed by atoms with Gasteiger partial charge in [-0.05, 0) is 19.8 Å². The lowest BCUT2D eigenvalue weighted by atomic mass is 9.89. The maximum absolute atomic E-state index is 12.1. The van der Waals surface area contributed by atoms with Gasteiger partial charge in [-0.25, -0.2) is 5.32 Å². The highest BCUT2D eigenvalue weighted by molar-refractivity contribution is 5.97. The Morgan fingerprint density at radius 2 is 1.80 bits per heavy atom. The van der Waals surface area contributed by atoms with E-state index in [-0.39, 0.29) is 5.92 Å². The first-order valence-corrected chi connectivity index (χ1v) is 5.51. The molecule has 0 unspecified atom stereocenters. The Balaban J connectivity index is 2.09. The van der Waals surface area contributed by atoms with Crippen LogP contribution in [0.15, 0.2) is 24.3 Å². The molecule has 15 heavy (non-hydrogen) atoms. The van der Waals surface area contributed by atoms with Crippen LogP contribution in [0.3, 0.4) is 0 Å². The first kappa shape index (κ1) is 10.4. The van der Waals surface area contributed by atoms with E-state index in [0.717, 1.165) is 31.5 Å². The number of ketones is 1. The predicted molar refractivity (Wildman–Crippen MR) is 60.1 cm³/mol. The van der Waals surface area contributed by atoms with Crippen molar-refractivity contribution in [2.75, 3.05) is 13.1 Å². The topological polar surface area (TPSA) is 31.2 Å². The van der Waals surface area contributed by atoms with Crippen LogP contribution in [0.25, 0.3) is 0 Å². The van der Waals surface area contributed by atoms with Crippen LogP contribution < -0.4 is 5.32 Å². The minimum atomic E-state index is 0.199. The maximum Gasteiger partial charge on any atom is 0.166 e. The van der Waals surface area contributed by atoms with Gasteiger partial charge in [0.2, 0.25) is 0 Å². The van der Waals surface area contributed by atoms with Crippen LogP contribution in [0.4, 0.5) is 0 Å². The van der Waals surface area contributed by atoms with E-state index in [9.17, 15) is 4.79 Å². The number of carbonyl (C=O) groups is 1. The van der Waals surface area contributed by atoms with Gasteiger partial charge in [-0.1, -0.05) is 29.8 Å². The molecular formula is C13H16NO. The summed E-state index contributed by atoms with van der Waals surface area (Å²) in [5, 5.41) is 4.27. The zero-order valence-electron chi connectivity index (χ0n) is 9.07. The molecular weight excluding hydrogens is 186 g/mol. The predicted octanol–water partition coefficient (Wildman–Crippen LogP) is 2.19. The largest absolute Gasteiger partial charge is 0.294 e. The highest BCUT2D eigenvalue weighted by Crippen LogP contribution is 2.18. The van der Waals surface area contributed by atoms with Crippen LogP contribution >= 0.6 is 0 Å². The molecule has 1 aliphatic rings. The van der Waals surface area contributed by atoms with Gasteiger partial charge in [-0.3, -0.25) is 4.79 Å². The summed E-state index contributed by atoms with van der Waals surface area (Å²) in [4.78, 5) is 12.1. The summed E-state index contributed by atoms with van der Waals surface area (Å²) < 4.78 is 0. The van der Waals surface area contributed by atoms with Gasteiger partial charge < -0.3 is 0 Å². The number of nitrogens with zero attached hydrogens (tertiary/aromatic N) is 1.